The quantitative estimate of drug-likeness (QED) is 0.121. The highest BCUT2D eigenvalue weighted by atomic mass is 15.2. The molecule has 0 amide bonds. The zero-order chi connectivity index (χ0) is 78.6. The Morgan fingerprint density at radius 1 is 0.241 bits per heavy atom. The largest absolute Gasteiger partial charge is 0.338 e. The first-order valence-electron chi connectivity index (χ1n) is 42.9. The number of hydrogen-bond acceptors (Lipinski definition) is 3. The van der Waals surface area contributed by atoms with Gasteiger partial charge in [-0.2, -0.15) is 0 Å². The molecule has 3 heterocycles. The van der Waals surface area contributed by atoms with Crippen molar-refractivity contribution in [2.45, 2.75) is 161 Å². The van der Waals surface area contributed by atoms with Gasteiger partial charge in [-0.1, -0.05) is 319 Å². The summed E-state index contributed by atoms with van der Waals surface area (Å²) in [5.41, 5.74) is 46.9. The standard InChI is InChI=1S/C40H35N.C37H35N.C36H33N/c1-25-21-37-32(31-15-8-13-28-11-4-6-14-30(28)31)16-9-17-33(37)35(25)24-36-26(2)22-38-34(36)18-10-20-40(38)41-27(3)23-29-12-5-7-19-39(29)41;1-24-21-34-29(27-11-5-4-6-12-27)14-9-15-30(34)32(24)23-33-25(2)22-35-31(33)16-10-18-37(35)38-26(3)19-20-28-13-7-8-17-36(28)38;1-23-19-33-28(26-11-5-4-6-12-26)14-9-15-29(33)31(23)22-32-24(2)20-34-30(32)16-10-18-36(34)37-25(3)21-27-13-7-8-17-35(27)37/h4-22,27,35-36H,23-24H2,1-3H3;4-18,21-22,26,32-33H,19-20,23H2,1-3H3;4-20,25,31-32H,21-22H2,1-3H3. The van der Waals surface area contributed by atoms with E-state index >= 15 is 0 Å². The topological polar surface area (TPSA) is 9.72 Å². The molecule has 3 aliphatic heterocycles. The molecule has 0 radical (unpaired) electrons. The monoisotopic (exact) mass is 1500 g/mol. The van der Waals surface area contributed by atoms with E-state index in [-0.39, 0.29) is 0 Å². The van der Waals surface area contributed by atoms with Crippen LogP contribution in [0.5, 0.6) is 0 Å². The molecule has 0 fully saturated rings. The zero-order valence-electron chi connectivity index (χ0n) is 68.6. The zero-order valence-corrected chi connectivity index (χ0v) is 68.6. The van der Waals surface area contributed by atoms with Crippen molar-refractivity contribution >= 4 is 81.4 Å². The van der Waals surface area contributed by atoms with Crippen molar-refractivity contribution in [1.29, 1.82) is 0 Å². The smallest absolute Gasteiger partial charge is 0.0490 e. The number of allylic oxidation sites excluding steroid dienone is 6. The minimum Gasteiger partial charge on any atom is -0.338 e. The third-order valence-electron chi connectivity index (χ3n) is 27.9. The lowest BCUT2D eigenvalue weighted by Crippen LogP contribution is -2.33. The minimum atomic E-state index is 0.425. The number of benzene rings is 13. The van der Waals surface area contributed by atoms with Crippen LogP contribution in [0.4, 0.5) is 34.1 Å². The molecule has 570 valence electrons. The number of rotatable bonds is 12. The van der Waals surface area contributed by atoms with Gasteiger partial charge in [-0.05, 0) is 255 Å². The predicted octanol–water partition coefficient (Wildman–Crippen LogP) is 30.1. The van der Waals surface area contributed by atoms with E-state index in [2.05, 4.69) is 399 Å². The third kappa shape index (κ3) is 12.6. The van der Waals surface area contributed by atoms with E-state index in [0.29, 0.717) is 53.6 Å². The summed E-state index contributed by atoms with van der Waals surface area (Å²) in [5.74, 6) is 2.65. The number of fused-ring (bicyclic) bond motifs is 10. The van der Waals surface area contributed by atoms with Crippen molar-refractivity contribution in [3.05, 3.63) is 402 Å². The predicted molar refractivity (Wildman–Crippen MR) is 495 cm³/mol. The molecule has 0 saturated carbocycles. The molecule has 0 spiro atoms. The molecule has 9 aliphatic rings. The maximum Gasteiger partial charge on any atom is 0.0490 e. The van der Waals surface area contributed by atoms with E-state index in [9.17, 15) is 0 Å². The van der Waals surface area contributed by atoms with Crippen molar-refractivity contribution in [3.63, 3.8) is 0 Å². The Balaban J connectivity index is 0.000000112. The van der Waals surface area contributed by atoms with Gasteiger partial charge in [0.2, 0.25) is 0 Å². The molecule has 22 rings (SSSR count). The first-order valence-corrected chi connectivity index (χ1v) is 42.9. The Bertz CT molecular complexity index is 6260. The van der Waals surface area contributed by atoms with Crippen molar-refractivity contribution < 1.29 is 0 Å². The molecular weight excluding hydrogens is 1400 g/mol. The van der Waals surface area contributed by atoms with Gasteiger partial charge in [-0.25, -0.2) is 0 Å². The number of hydrogen-bond donors (Lipinski definition) is 0. The molecule has 3 heteroatoms. The molecule has 0 aromatic heterocycles. The highest BCUT2D eigenvalue weighted by Crippen LogP contribution is 2.57. The summed E-state index contributed by atoms with van der Waals surface area (Å²) in [7, 11) is 0. The fourth-order valence-corrected chi connectivity index (χ4v) is 22.2. The van der Waals surface area contributed by atoms with Gasteiger partial charge >= 0.3 is 0 Å². The molecular formula is C113H103N3. The van der Waals surface area contributed by atoms with Gasteiger partial charge in [0.15, 0.2) is 0 Å². The van der Waals surface area contributed by atoms with Crippen LogP contribution in [0.2, 0.25) is 0 Å². The summed E-state index contributed by atoms with van der Waals surface area (Å²) in [4.78, 5) is 7.75. The van der Waals surface area contributed by atoms with Gasteiger partial charge in [0.05, 0.1) is 0 Å². The van der Waals surface area contributed by atoms with Crippen molar-refractivity contribution in [2.75, 3.05) is 14.7 Å². The van der Waals surface area contributed by atoms with Crippen molar-refractivity contribution in [1.82, 2.24) is 0 Å². The third-order valence-corrected chi connectivity index (χ3v) is 27.9. The van der Waals surface area contributed by atoms with Crippen LogP contribution in [-0.2, 0) is 19.3 Å². The highest BCUT2D eigenvalue weighted by Gasteiger charge is 2.40. The highest BCUT2D eigenvalue weighted by molar-refractivity contribution is 6.00. The Kier molecular flexibility index (Phi) is 18.8. The molecule has 0 bridgehead atoms. The van der Waals surface area contributed by atoms with Crippen LogP contribution in [-0.4, -0.2) is 18.1 Å². The summed E-state index contributed by atoms with van der Waals surface area (Å²) >= 11 is 0. The molecule has 13 aromatic carbocycles. The van der Waals surface area contributed by atoms with Gasteiger partial charge in [-0.3, -0.25) is 0 Å². The van der Waals surface area contributed by atoms with Crippen LogP contribution in [0, 0.1) is 0 Å². The van der Waals surface area contributed by atoms with Gasteiger partial charge in [0.1, 0.15) is 0 Å². The number of nitrogens with zero attached hydrogens (tertiary/aromatic N) is 3. The summed E-state index contributed by atoms with van der Waals surface area (Å²) in [6, 6.07) is 107. The van der Waals surface area contributed by atoms with E-state index in [0.717, 1.165) is 38.5 Å². The molecule has 116 heavy (non-hydrogen) atoms. The molecule has 6 aliphatic carbocycles. The van der Waals surface area contributed by atoms with E-state index in [1.807, 2.05) is 0 Å². The van der Waals surface area contributed by atoms with E-state index in [1.54, 1.807) is 0 Å². The number of aryl methyl sites for hydroxylation is 1. The van der Waals surface area contributed by atoms with E-state index in [1.165, 1.54) is 202 Å². The Labute approximate surface area is 687 Å². The SMILES string of the molecule is CC1=Cc2c(-c3cccc4ccccc34)cccc2C1CC1C(C)=Cc2c1cccc2N1c2ccccc2CC1C.CC1=Cc2c(-c3ccccc3)cccc2C1CC1C(C)=Cc2c1cccc2N1c2ccccc2CC1C.CC1=Cc2c(-c3ccccc3)cccc2C1CC1C(C)=Cc2c1cccc2N1c2ccccc2CCC1C. The average Bonchev–Trinajstić information content (AvgIpc) is 1.60. The van der Waals surface area contributed by atoms with Crippen molar-refractivity contribution in [2.24, 2.45) is 0 Å². The second-order valence-corrected chi connectivity index (χ2v) is 34.9. The molecule has 3 nitrogen and oxygen atoms in total. The fraction of sp³-hybridized carbons (Fsp3) is 0.221. The lowest BCUT2D eigenvalue weighted by Gasteiger charge is -2.38. The van der Waals surface area contributed by atoms with Crippen LogP contribution in [0.1, 0.15) is 207 Å². The normalized spacial score (nSPS) is 21.1. The van der Waals surface area contributed by atoms with Crippen LogP contribution in [0.3, 0.4) is 0 Å². The fourth-order valence-electron chi connectivity index (χ4n) is 22.2. The second-order valence-electron chi connectivity index (χ2n) is 34.9. The van der Waals surface area contributed by atoms with Gasteiger partial charge in [-0.15, -0.1) is 0 Å². The van der Waals surface area contributed by atoms with Crippen LogP contribution in [0.25, 0.3) is 80.6 Å². The molecule has 9 atom stereocenters. The van der Waals surface area contributed by atoms with E-state index < -0.39 is 0 Å². The Hall–Kier alpha value is -12.0. The summed E-state index contributed by atoms with van der Waals surface area (Å²) < 4.78 is 0. The first kappa shape index (κ1) is 72.9. The Morgan fingerprint density at radius 2 is 0.526 bits per heavy atom. The maximum absolute atomic E-state index is 2.60. The summed E-state index contributed by atoms with van der Waals surface area (Å²) in [6.07, 6.45) is 22.7. The first-order chi connectivity index (χ1) is 56.8. The Morgan fingerprint density at radius 3 is 0.948 bits per heavy atom. The van der Waals surface area contributed by atoms with Gasteiger partial charge < -0.3 is 14.7 Å². The summed E-state index contributed by atoms with van der Waals surface area (Å²) in [6.45, 7) is 21.1. The van der Waals surface area contributed by atoms with Crippen molar-refractivity contribution in [3.8, 4) is 33.4 Å². The van der Waals surface area contributed by atoms with Crippen LogP contribution in [0.15, 0.2) is 319 Å². The van der Waals surface area contributed by atoms with Crippen LogP contribution >= 0.6 is 0 Å². The number of anilines is 6. The maximum atomic E-state index is 2.60. The number of para-hydroxylation sites is 3. The van der Waals surface area contributed by atoms with Crippen LogP contribution < -0.4 is 14.7 Å². The lowest BCUT2D eigenvalue weighted by atomic mass is 9.81. The summed E-state index contributed by atoms with van der Waals surface area (Å²) in [5, 5.41) is 2.62. The van der Waals surface area contributed by atoms with Gasteiger partial charge in [0.25, 0.3) is 0 Å². The molecule has 9 unspecified atom stereocenters. The second kappa shape index (κ2) is 30.0. The van der Waals surface area contributed by atoms with Gasteiger partial charge in [0, 0.05) is 104 Å². The molecule has 0 N–H and O–H groups in total. The minimum absolute atomic E-state index is 0.425. The average molecular weight is 1500 g/mol. The lowest BCUT2D eigenvalue weighted by molar-refractivity contribution is 0.616. The molecule has 13 aromatic rings. The van der Waals surface area contributed by atoms with E-state index in [4.69, 9.17) is 0 Å². The molecule has 0 saturated heterocycles.